The maximum absolute atomic E-state index is 9.52. The molecule has 0 spiro atoms. The van der Waals surface area contributed by atoms with E-state index in [1.54, 1.807) is 12.3 Å². The highest BCUT2D eigenvalue weighted by molar-refractivity contribution is 6.30. The van der Waals surface area contributed by atoms with Gasteiger partial charge in [-0.15, -0.1) is 0 Å². The molecule has 2 N–H and O–H groups in total. The lowest BCUT2D eigenvalue weighted by atomic mass is 10.0. The molecule has 116 valence electrons. The first-order chi connectivity index (χ1) is 11.7. The summed E-state index contributed by atoms with van der Waals surface area (Å²) < 4.78 is 0. The number of nitriles is 1. The second kappa shape index (κ2) is 5.48. The van der Waals surface area contributed by atoms with Gasteiger partial charge in [-0.1, -0.05) is 17.7 Å². The average molecular weight is 335 g/mol. The third kappa shape index (κ3) is 2.23. The van der Waals surface area contributed by atoms with Crippen molar-refractivity contribution in [3.63, 3.8) is 0 Å². The monoisotopic (exact) mass is 334 g/mol. The van der Waals surface area contributed by atoms with E-state index >= 15 is 0 Å². The predicted molar refractivity (Wildman–Crippen MR) is 91.4 cm³/mol. The maximum Gasteiger partial charge on any atom is 0.159 e. The molecule has 1 aromatic carbocycles. The van der Waals surface area contributed by atoms with Gasteiger partial charge < -0.3 is 4.98 Å². The van der Waals surface area contributed by atoms with Gasteiger partial charge in [0.25, 0.3) is 0 Å². The Bertz CT molecular complexity index is 1100. The van der Waals surface area contributed by atoms with Gasteiger partial charge >= 0.3 is 0 Å². The van der Waals surface area contributed by atoms with Crippen LogP contribution in [-0.2, 0) is 0 Å². The minimum absolute atomic E-state index is 0.533. The summed E-state index contributed by atoms with van der Waals surface area (Å²) in [7, 11) is 0. The van der Waals surface area contributed by atoms with E-state index < -0.39 is 0 Å². The zero-order valence-corrected chi connectivity index (χ0v) is 13.4. The van der Waals surface area contributed by atoms with Gasteiger partial charge in [0, 0.05) is 10.6 Å². The lowest BCUT2D eigenvalue weighted by molar-refractivity contribution is 1.09. The van der Waals surface area contributed by atoms with Crippen LogP contribution in [0.1, 0.15) is 11.1 Å². The molecule has 4 aromatic rings. The molecular weight excluding hydrogens is 324 g/mol. The number of aryl methyl sites for hydroxylation is 1. The van der Waals surface area contributed by atoms with Crippen molar-refractivity contribution in [1.82, 2.24) is 25.1 Å². The molecule has 7 heteroatoms. The number of halogens is 1. The van der Waals surface area contributed by atoms with Gasteiger partial charge in [-0.05, 0) is 30.7 Å². The van der Waals surface area contributed by atoms with Gasteiger partial charge in [0.2, 0.25) is 0 Å². The van der Waals surface area contributed by atoms with Crippen molar-refractivity contribution < 1.29 is 0 Å². The molecule has 0 bridgehead atoms. The first-order valence-electron chi connectivity index (χ1n) is 7.21. The van der Waals surface area contributed by atoms with Crippen LogP contribution in [0, 0.1) is 18.3 Å². The molecule has 0 atom stereocenters. The third-order valence-electron chi connectivity index (χ3n) is 3.91. The standard InChI is InChI=1S/C17H11ClN6/c1-9-2-3-11(18)5-12(9)15-10(6-19)4-14(23-15)16-13-7-22-24-17(13)21-8-20-16/h2-5,7-8,23H,1H3,(H,20,21,22,24). The second-order valence-electron chi connectivity index (χ2n) is 5.40. The molecule has 0 aliphatic heterocycles. The van der Waals surface area contributed by atoms with E-state index in [0.717, 1.165) is 27.9 Å². The fraction of sp³-hybridized carbons (Fsp3) is 0.0588. The Morgan fingerprint density at radius 1 is 1.21 bits per heavy atom. The van der Waals surface area contributed by atoms with Crippen molar-refractivity contribution in [1.29, 1.82) is 5.26 Å². The van der Waals surface area contributed by atoms with Crippen molar-refractivity contribution in [3.8, 4) is 28.7 Å². The number of aromatic amines is 2. The molecule has 0 radical (unpaired) electrons. The number of nitrogens with zero attached hydrogens (tertiary/aromatic N) is 4. The van der Waals surface area contributed by atoms with Gasteiger partial charge in [0.1, 0.15) is 18.1 Å². The molecule has 3 heterocycles. The third-order valence-corrected chi connectivity index (χ3v) is 4.15. The van der Waals surface area contributed by atoms with Crippen molar-refractivity contribution in [3.05, 3.63) is 52.9 Å². The molecule has 0 unspecified atom stereocenters. The summed E-state index contributed by atoms with van der Waals surface area (Å²) in [5.74, 6) is 0. The summed E-state index contributed by atoms with van der Waals surface area (Å²) in [6.45, 7) is 1.98. The maximum atomic E-state index is 9.52. The summed E-state index contributed by atoms with van der Waals surface area (Å²) in [5.41, 5.74) is 5.25. The quantitative estimate of drug-likeness (QED) is 0.582. The van der Waals surface area contributed by atoms with Gasteiger partial charge in [-0.3, -0.25) is 5.10 Å². The first-order valence-corrected chi connectivity index (χ1v) is 7.59. The highest BCUT2D eigenvalue weighted by atomic mass is 35.5. The van der Waals surface area contributed by atoms with Crippen LogP contribution in [0.3, 0.4) is 0 Å². The number of H-pyrrole nitrogens is 2. The Hall–Kier alpha value is -3.17. The molecule has 0 aliphatic rings. The number of aromatic nitrogens is 5. The normalized spacial score (nSPS) is 10.9. The first kappa shape index (κ1) is 14.4. The van der Waals surface area contributed by atoms with E-state index in [1.807, 2.05) is 25.1 Å². The van der Waals surface area contributed by atoms with Gasteiger partial charge in [-0.2, -0.15) is 10.4 Å². The molecule has 0 aliphatic carbocycles. The highest BCUT2D eigenvalue weighted by Crippen LogP contribution is 2.33. The number of benzene rings is 1. The minimum Gasteiger partial charge on any atom is -0.352 e. The predicted octanol–water partition coefficient (Wildman–Crippen LogP) is 3.85. The van der Waals surface area contributed by atoms with Crippen molar-refractivity contribution in [2.75, 3.05) is 0 Å². The van der Waals surface area contributed by atoms with Gasteiger partial charge in [-0.25, -0.2) is 9.97 Å². The van der Waals surface area contributed by atoms with Gasteiger partial charge in [0.05, 0.1) is 28.5 Å². The van der Waals surface area contributed by atoms with E-state index in [0.29, 0.717) is 21.9 Å². The molecule has 0 saturated carbocycles. The zero-order chi connectivity index (χ0) is 16.7. The van der Waals surface area contributed by atoms with Crippen molar-refractivity contribution in [2.24, 2.45) is 0 Å². The second-order valence-corrected chi connectivity index (χ2v) is 5.83. The summed E-state index contributed by atoms with van der Waals surface area (Å²) in [4.78, 5) is 11.8. The lowest BCUT2D eigenvalue weighted by Crippen LogP contribution is -1.89. The van der Waals surface area contributed by atoms with Crippen LogP contribution >= 0.6 is 11.6 Å². The lowest BCUT2D eigenvalue weighted by Gasteiger charge is -2.05. The number of rotatable bonds is 2. The smallest absolute Gasteiger partial charge is 0.159 e. The van der Waals surface area contributed by atoms with Crippen LogP contribution in [0.25, 0.3) is 33.7 Å². The van der Waals surface area contributed by atoms with E-state index in [1.165, 1.54) is 6.33 Å². The Kier molecular flexibility index (Phi) is 3.29. The van der Waals surface area contributed by atoms with E-state index in [2.05, 4.69) is 31.2 Å². The van der Waals surface area contributed by atoms with E-state index in [-0.39, 0.29) is 0 Å². The number of hydrogen-bond donors (Lipinski definition) is 2. The topological polar surface area (TPSA) is 94.0 Å². The average Bonchev–Trinajstić information content (AvgIpc) is 3.23. The Morgan fingerprint density at radius 3 is 2.92 bits per heavy atom. The van der Waals surface area contributed by atoms with Crippen LogP contribution in [0.4, 0.5) is 0 Å². The zero-order valence-electron chi connectivity index (χ0n) is 12.6. The van der Waals surface area contributed by atoms with Crippen LogP contribution in [-0.4, -0.2) is 25.1 Å². The van der Waals surface area contributed by atoms with Crippen molar-refractivity contribution >= 4 is 22.6 Å². The van der Waals surface area contributed by atoms with Crippen LogP contribution in [0.15, 0.2) is 36.8 Å². The Labute approximate surface area is 142 Å². The minimum atomic E-state index is 0.533. The molecule has 0 saturated heterocycles. The molecule has 3 aromatic heterocycles. The van der Waals surface area contributed by atoms with E-state index in [4.69, 9.17) is 11.6 Å². The summed E-state index contributed by atoms with van der Waals surface area (Å²) in [5, 5.41) is 17.7. The number of fused-ring (bicyclic) bond motifs is 1. The molecular formula is C17H11ClN6. The molecule has 0 amide bonds. The van der Waals surface area contributed by atoms with E-state index in [9.17, 15) is 5.26 Å². The summed E-state index contributed by atoms with van der Waals surface area (Å²) >= 11 is 6.12. The fourth-order valence-electron chi connectivity index (χ4n) is 2.73. The molecule has 6 nitrogen and oxygen atoms in total. The number of hydrogen-bond acceptors (Lipinski definition) is 4. The van der Waals surface area contributed by atoms with Gasteiger partial charge in [0.15, 0.2) is 5.65 Å². The largest absolute Gasteiger partial charge is 0.352 e. The SMILES string of the molecule is Cc1ccc(Cl)cc1-c1[nH]c(-c2ncnc3[nH]ncc23)cc1C#N. The van der Waals surface area contributed by atoms with Crippen LogP contribution < -0.4 is 0 Å². The highest BCUT2D eigenvalue weighted by Gasteiger charge is 2.16. The molecule has 24 heavy (non-hydrogen) atoms. The van der Waals surface area contributed by atoms with Crippen LogP contribution in [0.5, 0.6) is 0 Å². The summed E-state index contributed by atoms with van der Waals surface area (Å²) in [6.07, 6.45) is 3.13. The molecule has 4 rings (SSSR count). The Morgan fingerprint density at radius 2 is 2.08 bits per heavy atom. The number of nitrogens with one attached hydrogen (secondary N) is 2. The Balaban J connectivity index is 1.95. The summed E-state index contributed by atoms with van der Waals surface area (Å²) in [6, 6.07) is 9.62. The van der Waals surface area contributed by atoms with Crippen LogP contribution in [0.2, 0.25) is 5.02 Å². The fourth-order valence-corrected chi connectivity index (χ4v) is 2.90. The van der Waals surface area contributed by atoms with Crippen molar-refractivity contribution in [2.45, 2.75) is 6.92 Å². The molecule has 0 fully saturated rings.